The van der Waals surface area contributed by atoms with Crippen molar-refractivity contribution in [2.24, 2.45) is 5.73 Å². The van der Waals surface area contributed by atoms with Crippen molar-refractivity contribution in [1.82, 2.24) is 10.6 Å². The summed E-state index contributed by atoms with van der Waals surface area (Å²) in [6.45, 7) is 5.81. The van der Waals surface area contributed by atoms with Crippen LogP contribution in [0.15, 0.2) is 43.0 Å². The number of hydrogen-bond acceptors (Lipinski definition) is 9. The summed E-state index contributed by atoms with van der Waals surface area (Å²) in [6, 6.07) is 8.87. The van der Waals surface area contributed by atoms with E-state index in [9.17, 15) is 19.2 Å². The van der Waals surface area contributed by atoms with Gasteiger partial charge in [-0.25, -0.2) is 0 Å². The minimum atomic E-state index is -0.530. The van der Waals surface area contributed by atoms with Crippen LogP contribution in [-0.4, -0.2) is 70.1 Å². The number of rotatable bonds is 24. The molecule has 0 aromatic heterocycles. The third-order valence-corrected chi connectivity index (χ3v) is 8.72. The van der Waals surface area contributed by atoms with Gasteiger partial charge in [0.05, 0.1) is 33.0 Å². The fourth-order valence-corrected chi connectivity index (χ4v) is 5.96. The molecule has 2 aromatic carbocycles. The van der Waals surface area contributed by atoms with Gasteiger partial charge in [0.1, 0.15) is 17.2 Å². The smallest absolute Gasteiger partial charge is 0.305 e. The molecule has 1 atom stereocenters. The highest BCUT2D eigenvalue weighted by molar-refractivity contribution is 5.99. The van der Waals surface area contributed by atoms with Gasteiger partial charge < -0.3 is 35.3 Å². The number of esters is 1. The van der Waals surface area contributed by atoms with Gasteiger partial charge in [0.25, 0.3) is 0 Å². The van der Waals surface area contributed by atoms with Crippen LogP contribution in [0.2, 0.25) is 0 Å². The van der Waals surface area contributed by atoms with Crippen LogP contribution in [0, 0.1) is 0 Å². The lowest BCUT2D eigenvalue weighted by Crippen LogP contribution is -2.38. The molecule has 1 unspecified atom stereocenters. The molecule has 274 valence electrons. The zero-order valence-corrected chi connectivity index (χ0v) is 29.8. The molecule has 3 rings (SSSR count). The lowest BCUT2D eigenvalue weighted by Gasteiger charge is -2.21. The number of ketones is 1. The number of methoxy groups -OCH3 is 1. The molecular formula is C39H55N3O8. The first-order valence-electron chi connectivity index (χ1n) is 17.9. The van der Waals surface area contributed by atoms with Gasteiger partial charge in [-0.15, -0.1) is 6.58 Å². The topological polar surface area (TPSA) is 155 Å². The van der Waals surface area contributed by atoms with Crippen LogP contribution in [-0.2, 0) is 38.4 Å². The fourth-order valence-electron chi connectivity index (χ4n) is 5.96. The average molecular weight is 694 g/mol. The first-order valence-corrected chi connectivity index (χ1v) is 17.9. The van der Waals surface area contributed by atoms with Crippen LogP contribution in [0.25, 0.3) is 0 Å². The zero-order valence-electron chi connectivity index (χ0n) is 29.8. The van der Waals surface area contributed by atoms with E-state index in [1.54, 1.807) is 7.05 Å². The number of allylic oxidation sites excluding steroid dienone is 1. The molecule has 0 fully saturated rings. The number of hydrogen-bond donors (Lipinski definition) is 3. The van der Waals surface area contributed by atoms with Gasteiger partial charge in [-0.2, -0.15) is 0 Å². The lowest BCUT2D eigenvalue weighted by atomic mass is 9.86. The average Bonchev–Trinajstić information content (AvgIpc) is 3.12. The molecule has 0 radical (unpaired) electrons. The molecule has 4 N–H and O–H groups in total. The molecule has 0 bridgehead atoms. The fraction of sp³-hybridized carbons (Fsp3) is 0.538. The Labute approximate surface area is 296 Å². The van der Waals surface area contributed by atoms with E-state index in [1.807, 2.05) is 36.4 Å². The Balaban J connectivity index is 1.42. The Hall–Kier alpha value is -4.38. The second-order valence-corrected chi connectivity index (χ2v) is 12.4. The van der Waals surface area contributed by atoms with Crippen molar-refractivity contribution >= 4 is 23.6 Å². The summed E-state index contributed by atoms with van der Waals surface area (Å²) in [5.41, 5.74) is 9.60. The van der Waals surface area contributed by atoms with E-state index in [0.717, 1.165) is 72.9 Å². The molecule has 50 heavy (non-hydrogen) atoms. The van der Waals surface area contributed by atoms with Crippen molar-refractivity contribution < 1.29 is 38.1 Å². The number of amides is 2. The van der Waals surface area contributed by atoms with Crippen molar-refractivity contribution in [2.45, 2.75) is 95.9 Å². The summed E-state index contributed by atoms with van der Waals surface area (Å²) in [5, 5.41) is 5.43. The van der Waals surface area contributed by atoms with Crippen LogP contribution in [0.1, 0.15) is 97.7 Å². The summed E-state index contributed by atoms with van der Waals surface area (Å²) < 4.78 is 23.2. The third-order valence-electron chi connectivity index (χ3n) is 8.72. The Morgan fingerprint density at radius 1 is 0.880 bits per heavy atom. The maximum absolute atomic E-state index is 12.4. The number of unbranched alkanes of at least 4 members (excludes halogenated alkanes) is 3. The summed E-state index contributed by atoms with van der Waals surface area (Å²) in [5.74, 6) is 1.76. The Morgan fingerprint density at radius 3 is 2.22 bits per heavy atom. The molecular weight excluding hydrogens is 638 g/mol. The standard InChI is InChI=1S/C39H55N3O8/c1-4-13-30-28-14-10-16-33(43)29(28)20-22-36(30)49-26-9-5-8-25-48-34-17-11-18-35(31(34)21-23-38(45)47-3)50-27-12-19-37(44)42-24-7-6-15-32(40)39(46)41-2/h4,11,17-18,20,22,32H,1,5-10,12-16,19,21,23-27,40H2,2-3H3,(H,41,46)(H,42,44). The molecule has 11 heteroatoms. The van der Waals surface area contributed by atoms with Gasteiger partial charge >= 0.3 is 5.97 Å². The van der Waals surface area contributed by atoms with E-state index in [4.69, 9.17) is 24.7 Å². The number of carbonyl (C=O) groups excluding carboxylic acids is 4. The van der Waals surface area contributed by atoms with Crippen molar-refractivity contribution in [2.75, 3.05) is 40.5 Å². The first-order chi connectivity index (χ1) is 24.3. The van der Waals surface area contributed by atoms with Crippen molar-refractivity contribution in [1.29, 1.82) is 0 Å². The van der Waals surface area contributed by atoms with E-state index in [0.29, 0.717) is 76.4 Å². The lowest BCUT2D eigenvalue weighted by molar-refractivity contribution is -0.140. The van der Waals surface area contributed by atoms with E-state index in [1.165, 1.54) is 7.11 Å². The number of nitrogens with two attached hydrogens (primary N) is 1. The second kappa shape index (κ2) is 22.4. The summed E-state index contributed by atoms with van der Waals surface area (Å²) in [6.07, 6.45) is 11.0. The van der Waals surface area contributed by atoms with E-state index in [-0.39, 0.29) is 30.0 Å². The van der Waals surface area contributed by atoms with Crippen LogP contribution in [0.5, 0.6) is 17.2 Å². The number of nitrogens with one attached hydrogen (secondary N) is 2. The molecule has 0 heterocycles. The predicted octanol–water partition coefficient (Wildman–Crippen LogP) is 5.19. The van der Waals surface area contributed by atoms with Crippen molar-refractivity contribution in [3.63, 3.8) is 0 Å². The molecule has 0 aliphatic heterocycles. The Bertz CT molecular complexity index is 1430. The predicted molar refractivity (Wildman–Crippen MR) is 193 cm³/mol. The maximum atomic E-state index is 12.4. The number of fused-ring (bicyclic) bond motifs is 1. The second-order valence-electron chi connectivity index (χ2n) is 12.4. The number of Topliss-reactive ketones (excluding diaryl/α,β-unsaturated/α-hetero) is 1. The van der Waals surface area contributed by atoms with Crippen LogP contribution in [0.4, 0.5) is 0 Å². The quantitative estimate of drug-likeness (QED) is 0.0766. The molecule has 2 amide bonds. The van der Waals surface area contributed by atoms with Crippen molar-refractivity contribution in [3.05, 3.63) is 65.2 Å². The highest BCUT2D eigenvalue weighted by atomic mass is 16.5. The van der Waals surface area contributed by atoms with Gasteiger partial charge in [-0.3, -0.25) is 19.2 Å². The summed E-state index contributed by atoms with van der Waals surface area (Å²) >= 11 is 0. The molecule has 2 aromatic rings. The van der Waals surface area contributed by atoms with E-state index in [2.05, 4.69) is 17.2 Å². The van der Waals surface area contributed by atoms with Gasteiger partial charge in [0.15, 0.2) is 5.78 Å². The molecule has 0 saturated heterocycles. The molecule has 11 nitrogen and oxygen atoms in total. The normalized spacial score (nSPS) is 12.7. The maximum Gasteiger partial charge on any atom is 0.305 e. The summed E-state index contributed by atoms with van der Waals surface area (Å²) in [7, 11) is 2.92. The number of benzene rings is 2. The molecule has 0 spiro atoms. The van der Waals surface area contributed by atoms with Gasteiger partial charge in [0.2, 0.25) is 11.8 Å². The third kappa shape index (κ3) is 13.2. The summed E-state index contributed by atoms with van der Waals surface area (Å²) in [4.78, 5) is 48.1. The monoisotopic (exact) mass is 693 g/mol. The highest BCUT2D eigenvalue weighted by Crippen LogP contribution is 2.33. The van der Waals surface area contributed by atoms with Gasteiger partial charge in [-0.1, -0.05) is 12.1 Å². The zero-order chi connectivity index (χ0) is 36.1. The number of likely N-dealkylation sites (N-methyl/N-ethyl adjacent to an activating group) is 1. The SMILES string of the molecule is C=CCc1c(OCCCCCOc2cccc(OCCCC(=O)NCCCCC(N)C(=O)NC)c2CCC(=O)OC)ccc2c1CCCC2=O. The molecule has 1 aliphatic rings. The minimum absolute atomic E-state index is 0.0611. The van der Waals surface area contributed by atoms with Crippen molar-refractivity contribution in [3.8, 4) is 17.2 Å². The Kier molecular flexibility index (Phi) is 17.9. The highest BCUT2D eigenvalue weighted by Gasteiger charge is 2.22. The Morgan fingerprint density at radius 2 is 1.56 bits per heavy atom. The number of ether oxygens (including phenoxy) is 4. The largest absolute Gasteiger partial charge is 0.493 e. The van der Waals surface area contributed by atoms with Gasteiger partial charge in [0, 0.05) is 49.5 Å². The van der Waals surface area contributed by atoms with Gasteiger partial charge in [-0.05, 0) is 100 Å². The number of carbonyl (C=O) groups is 4. The van der Waals surface area contributed by atoms with E-state index < -0.39 is 6.04 Å². The van der Waals surface area contributed by atoms with E-state index >= 15 is 0 Å². The molecule has 0 saturated carbocycles. The molecule has 1 aliphatic carbocycles. The van der Waals surface area contributed by atoms with Crippen LogP contribution < -0.4 is 30.6 Å². The van der Waals surface area contributed by atoms with Crippen LogP contribution in [0.3, 0.4) is 0 Å². The van der Waals surface area contributed by atoms with Crippen LogP contribution >= 0.6 is 0 Å². The first kappa shape index (κ1) is 40.1. The minimum Gasteiger partial charge on any atom is -0.493 e.